The van der Waals surface area contributed by atoms with Crippen LogP contribution in [0.1, 0.15) is 50.8 Å². The molecule has 0 radical (unpaired) electrons. The average molecular weight is 343 g/mol. The first-order chi connectivity index (χ1) is 11.6. The molecule has 1 saturated carbocycles. The zero-order valence-corrected chi connectivity index (χ0v) is 15.3. The summed E-state index contributed by atoms with van der Waals surface area (Å²) in [7, 11) is 2.09. The fraction of sp³-hybridized carbons (Fsp3) is 0.474. The van der Waals surface area contributed by atoms with Gasteiger partial charge in [0.25, 0.3) is 0 Å². The Hall–Kier alpha value is -1.72. The molecule has 4 nitrogen and oxygen atoms in total. The maximum atomic E-state index is 5.53. The van der Waals surface area contributed by atoms with Crippen molar-refractivity contribution in [1.82, 2.24) is 20.7 Å². The van der Waals surface area contributed by atoms with Crippen LogP contribution in [-0.2, 0) is 0 Å². The molecule has 3 rings (SSSR count). The monoisotopic (exact) mass is 342 g/mol. The molecule has 2 N–H and O–H groups in total. The largest absolute Gasteiger partial charge is 0.348 e. The van der Waals surface area contributed by atoms with Crippen molar-refractivity contribution >= 4 is 28.2 Å². The van der Waals surface area contributed by atoms with E-state index in [9.17, 15) is 0 Å². The van der Waals surface area contributed by atoms with Gasteiger partial charge in [0, 0.05) is 18.5 Å². The third-order valence-electron chi connectivity index (χ3n) is 4.90. The number of thiocarbonyl (C=S) groups is 1. The molecular formula is C19H26N4S. The van der Waals surface area contributed by atoms with E-state index in [1.807, 2.05) is 18.2 Å². The molecule has 1 atom stereocenters. The summed E-state index contributed by atoms with van der Waals surface area (Å²) in [5.74, 6) is 0. The van der Waals surface area contributed by atoms with Crippen LogP contribution in [0.4, 0.5) is 0 Å². The van der Waals surface area contributed by atoms with Gasteiger partial charge in [0.1, 0.15) is 0 Å². The number of aromatic nitrogens is 1. The van der Waals surface area contributed by atoms with Gasteiger partial charge in [0.2, 0.25) is 0 Å². The molecule has 0 saturated heterocycles. The average Bonchev–Trinajstić information content (AvgIpc) is 2.65. The lowest BCUT2D eigenvalue weighted by Crippen LogP contribution is -2.49. The molecule has 1 aliphatic carbocycles. The highest BCUT2D eigenvalue weighted by Crippen LogP contribution is 2.21. The van der Waals surface area contributed by atoms with Crippen molar-refractivity contribution in [3.05, 3.63) is 42.1 Å². The summed E-state index contributed by atoms with van der Waals surface area (Å²) in [4.78, 5) is 6.92. The van der Waals surface area contributed by atoms with E-state index in [0.717, 1.165) is 21.7 Å². The van der Waals surface area contributed by atoms with Crippen LogP contribution in [0.3, 0.4) is 0 Å². The summed E-state index contributed by atoms with van der Waals surface area (Å²) in [5.41, 5.74) is 8.50. The molecule has 1 fully saturated rings. The van der Waals surface area contributed by atoms with Gasteiger partial charge in [-0.2, -0.15) is 0 Å². The number of fused-ring (bicyclic) bond motifs is 1. The normalized spacial score (nSPS) is 16.8. The van der Waals surface area contributed by atoms with Crippen LogP contribution in [0, 0.1) is 0 Å². The number of nitrogens with zero attached hydrogens (tertiary/aromatic N) is 2. The lowest BCUT2D eigenvalue weighted by molar-refractivity contribution is 0.272. The van der Waals surface area contributed by atoms with Crippen LogP contribution in [-0.4, -0.2) is 28.1 Å². The van der Waals surface area contributed by atoms with Crippen LogP contribution < -0.4 is 10.9 Å². The Labute approximate surface area is 149 Å². The van der Waals surface area contributed by atoms with Gasteiger partial charge in [0.15, 0.2) is 5.11 Å². The summed E-state index contributed by atoms with van der Waals surface area (Å²) >= 11 is 5.53. The van der Waals surface area contributed by atoms with Crippen molar-refractivity contribution in [2.24, 2.45) is 0 Å². The Bertz CT molecular complexity index is 697. The number of nitrogens with one attached hydrogen (secondary N) is 2. The number of para-hydroxylation sites is 1. The second-order valence-electron chi connectivity index (χ2n) is 6.63. The van der Waals surface area contributed by atoms with E-state index >= 15 is 0 Å². The van der Waals surface area contributed by atoms with Crippen molar-refractivity contribution < 1.29 is 0 Å². The van der Waals surface area contributed by atoms with Gasteiger partial charge in [-0.3, -0.25) is 10.4 Å². The number of hydrogen-bond acceptors (Lipinski definition) is 3. The number of pyridine rings is 1. The predicted octanol–water partition coefficient (Wildman–Crippen LogP) is 3.94. The Kier molecular flexibility index (Phi) is 5.63. The van der Waals surface area contributed by atoms with Crippen LogP contribution in [0.25, 0.3) is 10.9 Å². The second-order valence-corrected chi connectivity index (χ2v) is 7.01. The van der Waals surface area contributed by atoms with E-state index in [0.29, 0.717) is 6.04 Å². The number of rotatable bonds is 4. The Balaban J connectivity index is 1.57. The minimum Gasteiger partial charge on any atom is -0.348 e. The molecule has 1 aromatic heterocycles. The van der Waals surface area contributed by atoms with Crippen LogP contribution >= 0.6 is 12.2 Å². The number of benzene rings is 1. The van der Waals surface area contributed by atoms with Gasteiger partial charge < -0.3 is 4.90 Å². The van der Waals surface area contributed by atoms with E-state index in [4.69, 9.17) is 17.2 Å². The molecule has 1 aliphatic rings. The molecule has 1 unspecified atom stereocenters. The van der Waals surface area contributed by atoms with Crippen LogP contribution in [0.5, 0.6) is 0 Å². The van der Waals surface area contributed by atoms with E-state index < -0.39 is 0 Å². The summed E-state index contributed by atoms with van der Waals surface area (Å²) in [6.45, 7) is 2.09. The molecule has 2 aromatic rings. The van der Waals surface area contributed by atoms with E-state index in [-0.39, 0.29) is 6.04 Å². The standard InChI is InChI=1S/C19H26N4S/c1-14(17-13-12-15-8-6-7-11-18(15)20-17)21-22-19(24)23(2)16-9-4-3-5-10-16/h6-8,11-14,16,21H,3-5,9-10H2,1-2H3,(H,22,24). The summed E-state index contributed by atoms with van der Waals surface area (Å²) in [6, 6.07) is 13.0. The topological polar surface area (TPSA) is 40.2 Å². The molecule has 0 amide bonds. The number of hydrogen-bond donors (Lipinski definition) is 2. The van der Waals surface area contributed by atoms with Gasteiger partial charge >= 0.3 is 0 Å². The zero-order valence-electron chi connectivity index (χ0n) is 14.5. The fourth-order valence-electron chi connectivity index (χ4n) is 3.29. The maximum absolute atomic E-state index is 5.53. The van der Waals surface area contributed by atoms with Gasteiger partial charge in [-0.05, 0) is 44.1 Å². The van der Waals surface area contributed by atoms with Gasteiger partial charge in [-0.1, -0.05) is 43.5 Å². The van der Waals surface area contributed by atoms with Crippen molar-refractivity contribution in [3.63, 3.8) is 0 Å². The maximum Gasteiger partial charge on any atom is 0.183 e. The highest BCUT2D eigenvalue weighted by atomic mass is 32.1. The Morgan fingerprint density at radius 2 is 1.92 bits per heavy atom. The number of hydrazine groups is 1. The van der Waals surface area contributed by atoms with Crippen molar-refractivity contribution in [2.45, 2.75) is 51.1 Å². The third kappa shape index (κ3) is 4.02. The summed E-state index contributed by atoms with van der Waals surface area (Å²) in [5, 5.41) is 1.92. The third-order valence-corrected chi connectivity index (χ3v) is 5.29. The first kappa shape index (κ1) is 17.1. The van der Waals surface area contributed by atoms with Crippen LogP contribution in [0.15, 0.2) is 36.4 Å². The molecule has 0 aliphatic heterocycles. The minimum absolute atomic E-state index is 0.0762. The second kappa shape index (κ2) is 7.90. The fourth-order valence-corrected chi connectivity index (χ4v) is 3.50. The van der Waals surface area contributed by atoms with Gasteiger partial charge in [-0.25, -0.2) is 5.43 Å². The highest BCUT2D eigenvalue weighted by Gasteiger charge is 2.20. The van der Waals surface area contributed by atoms with Crippen molar-refractivity contribution in [1.29, 1.82) is 0 Å². The summed E-state index contributed by atoms with van der Waals surface area (Å²) < 4.78 is 0. The molecule has 24 heavy (non-hydrogen) atoms. The summed E-state index contributed by atoms with van der Waals surface area (Å²) in [6.07, 6.45) is 6.44. The van der Waals surface area contributed by atoms with Crippen molar-refractivity contribution in [2.75, 3.05) is 7.05 Å². The first-order valence-electron chi connectivity index (χ1n) is 8.79. The van der Waals surface area contributed by atoms with E-state index in [2.05, 4.69) is 47.9 Å². The van der Waals surface area contributed by atoms with E-state index in [1.165, 1.54) is 32.1 Å². The lowest BCUT2D eigenvalue weighted by atomic mass is 9.95. The molecular weight excluding hydrogens is 316 g/mol. The molecule has 1 heterocycles. The van der Waals surface area contributed by atoms with Crippen LogP contribution in [0.2, 0.25) is 0 Å². The minimum atomic E-state index is 0.0762. The quantitative estimate of drug-likeness (QED) is 0.650. The molecule has 1 aromatic carbocycles. The predicted molar refractivity (Wildman–Crippen MR) is 104 cm³/mol. The Morgan fingerprint density at radius 1 is 1.17 bits per heavy atom. The molecule has 128 valence electrons. The highest BCUT2D eigenvalue weighted by molar-refractivity contribution is 7.80. The Morgan fingerprint density at radius 3 is 2.71 bits per heavy atom. The zero-order chi connectivity index (χ0) is 16.9. The molecule has 5 heteroatoms. The SMILES string of the molecule is CC(NNC(=S)N(C)C1CCCCC1)c1ccc2ccccc2n1. The smallest absolute Gasteiger partial charge is 0.183 e. The molecule has 0 bridgehead atoms. The van der Waals surface area contributed by atoms with E-state index in [1.54, 1.807) is 0 Å². The van der Waals surface area contributed by atoms with Crippen molar-refractivity contribution in [3.8, 4) is 0 Å². The lowest BCUT2D eigenvalue weighted by Gasteiger charge is -2.33. The molecule has 0 spiro atoms. The van der Waals surface area contributed by atoms with Gasteiger partial charge in [-0.15, -0.1) is 0 Å². The van der Waals surface area contributed by atoms with Gasteiger partial charge in [0.05, 0.1) is 17.3 Å². The first-order valence-corrected chi connectivity index (χ1v) is 9.20.